The van der Waals surface area contributed by atoms with Gasteiger partial charge in [-0.2, -0.15) is 0 Å². The normalized spacial score (nSPS) is 48.0. The van der Waals surface area contributed by atoms with Crippen molar-refractivity contribution in [3.63, 3.8) is 0 Å². The quantitative estimate of drug-likeness (QED) is 0.534. The molecule has 0 aliphatic carbocycles. The second-order valence-electron chi connectivity index (χ2n) is 3.68. The Morgan fingerprint density at radius 3 is 2.20 bits per heavy atom. The van der Waals surface area contributed by atoms with Crippen LogP contribution < -0.4 is 0 Å². The van der Waals surface area contributed by atoms with Gasteiger partial charge in [-0.25, -0.2) is 0 Å². The molecule has 2 aliphatic rings. The van der Waals surface area contributed by atoms with Gasteiger partial charge < -0.3 is 10.0 Å². The van der Waals surface area contributed by atoms with Crippen LogP contribution in [0.15, 0.2) is 0 Å². The lowest BCUT2D eigenvalue weighted by Crippen LogP contribution is -2.41. The first-order valence-electron chi connectivity index (χ1n) is 4.17. The lowest BCUT2D eigenvalue weighted by molar-refractivity contribution is 0.0503. The fraction of sp³-hybridized carbons (Fsp3) is 1.00. The first-order chi connectivity index (χ1) is 4.77. The standard InChI is InChI=1S/C8H15NO/c1-9-6-2-3-7(9)5-8(10)4-6/h6-8,10H,2-5H2,1H3/t6-,7-/m0/s1. The van der Waals surface area contributed by atoms with E-state index < -0.39 is 0 Å². The van der Waals surface area contributed by atoms with Crippen LogP contribution in [0.25, 0.3) is 0 Å². The zero-order chi connectivity index (χ0) is 7.14. The van der Waals surface area contributed by atoms with Crippen molar-refractivity contribution < 1.29 is 5.11 Å². The third-order valence-corrected chi connectivity index (χ3v) is 3.07. The molecule has 2 nitrogen and oxygen atoms in total. The van der Waals surface area contributed by atoms with Gasteiger partial charge in [-0.05, 0) is 32.7 Å². The van der Waals surface area contributed by atoms with E-state index in [1.807, 2.05) is 0 Å². The number of hydrogen-bond acceptors (Lipinski definition) is 2. The molecular formula is C8H15NO. The second kappa shape index (κ2) is 2.21. The van der Waals surface area contributed by atoms with E-state index in [0.717, 1.165) is 12.8 Å². The lowest BCUT2D eigenvalue weighted by Gasteiger charge is -2.33. The highest BCUT2D eigenvalue weighted by Gasteiger charge is 2.37. The van der Waals surface area contributed by atoms with Gasteiger partial charge in [0.2, 0.25) is 0 Å². The molecule has 2 fully saturated rings. The number of fused-ring (bicyclic) bond motifs is 2. The Hall–Kier alpha value is -0.0800. The van der Waals surface area contributed by atoms with E-state index in [2.05, 4.69) is 11.9 Å². The summed E-state index contributed by atoms with van der Waals surface area (Å²) in [4.78, 5) is 2.44. The van der Waals surface area contributed by atoms with Crippen LogP contribution in [0, 0.1) is 0 Å². The highest BCUT2D eigenvalue weighted by Crippen LogP contribution is 2.33. The molecule has 0 aromatic heterocycles. The summed E-state index contributed by atoms with van der Waals surface area (Å²) in [5, 5.41) is 9.38. The molecule has 0 unspecified atom stereocenters. The average Bonchev–Trinajstić information content (AvgIpc) is 2.20. The van der Waals surface area contributed by atoms with E-state index in [9.17, 15) is 5.11 Å². The molecule has 0 saturated carbocycles. The van der Waals surface area contributed by atoms with Crippen molar-refractivity contribution in [3.05, 3.63) is 0 Å². The van der Waals surface area contributed by atoms with Crippen molar-refractivity contribution >= 4 is 0 Å². The lowest BCUT2D eigenvalue weighted by atomic mass is 10.0. The Balaban J connectivity index is 2.09. The molecule has 2 bridgehead atoms. The SMILES string of the molecule is CN1[C@H]2CC[C@H]1CC(O)C2. The summed E-state index contributed by atoms with van der Waals surface area (Å²) < 4.78 is 0. The van der Waals surface area contributed by atoms with E-state index in [1.54, 1.807) is 0 Å². The van der Waals surface area contributed by atoms with E-state index in [0.29, 0.717) is 12.1 Å². The summed E-state index contributed by atoms with van der Waals surface area (Å²) in [5.74, 6) is 0. The highest BCUT2D eigenvalue weighted by atomic mass is 16.3. The van der Waals surface area contributed by atoms with Gasteiger partial charge in [0.15, 0.2) is 0 Å². The maximum atomic E-state index is 9.38. The predicted octanol–water partition coefficient (Wildman–Crippen LogP) is 0.604. The summed E-state index contributed by atoms with van der Waals surface area (Å²) in [6, 6.07) is 1.38. The van der Waals surface area contributed by atoms with Crippen LogP contribution in [-0.2, 0) is 0 Å². The average molecular weight is 141 g/mol. The molecule has 2 aliphatic heterocycles. The Morgan fingerprint density at radius 2 is 1.70 bits per heavy atom. The summed E-state index contributed by atoms with van der Waals surface area (Å²) >= 11 is 0. The van der Waals surface area contributed by atoms with Crippen molar-refractivity contribution in [2.45, 2.75) is 43.9 Å². The molecule has 0 aromatic rings. The molecule has 2 heterocycles. The maximum Gasteiger partial charge on any atom is 0.0570 e. The van der Waals surface area contributed by atoms with Gasteiger partial charge in [0.1, 0.15) is 0 Å². The fourth-order valence-electron chi connectivity index (χ4n) is 2.38. The van der Waals surface area contributed by atoms with Gasteiger partial charge >= 0.3 is 0 Å². The Bertz CT molecular complexity index is 123. The summed E-state index contributed by atoms with van der Waals surface area (Å²) in [6.45, 7) is 0. The molecule has 2 saturated heterocycles. The van der Waals surface area contributed by atoms with Crippen molar-refractivity contribution in [2.75, 3.05) is 7.05 Å². The molecule has 2 heteroatoms. The van der Waals surface area contributed by atoms with Crippen molar-refractivity contribution in [3.8, 4) is 0 Å². The van der Waals surface area contributed by atoms with Gasteiger partial charge in [-0.1, -0.05) is 0 Å². The third-order valence-electron chi connectivity index (χ3n) is 3.07. The zero-order valence-electron chi connectivity index (χ0n) is 6.45. The van der Waals surface area contributed by atoms with Crippen molar-refractivity contribution in [1.82, 2.24) is 4.90 Å². The van der Waals surface area contributed by atoms with Gasteiger partial charge in [-0.15, -0.1) is 0 Å². The molecular weight excluding hydrogens is 126 g/mol. The number of nitrogens with zero attached hydrogens (tertiary/aromatic N) is 1. The Morgan fingerprint density at radius 1 is 1.20 bits per heavy atom. The number of hydrogen-bond donors (Lipinski definition) is 1. The van der Waals surface area contributed by atoms with Crippen LogP contribution in [0.3, 0.4) is 0 Å². The largest absolute Gasteiger partial charge is 0.393 e. The summed E-state index contributed by atoms with van der Waals surface area (Å²) in [7, 11) is 2.19. The Labute approximate surface area is 61.8 Å². The zero-order valence-corrected chi connectivity index (χ0v) is 6.45. The van der Waals surface area contributed by atoms with Gasteiger partial charge in [0.05, 0.1) is 6.10 Å². The van der Waals surface area contributed by atoms with Crippen molar-refractivity contribution in [1.29, 1.82) is 0 Å². The number of aliphatic hydroxyl groups is 1. The predicted molar refractivity (Wildman–Crippen MR) is 39.8 cm³/mol. The molecule has 0 spiro atoms. The van der Waals surface area contributed by atoms with Gasteiger partial charge in [0, 0.05) is 12.1 Å². The third kappa shape index (κ3) is 0.867. The molecule has 2 rings (SSSR count). The van der Waals surface area contributed by atoms with E-state index in [1.165, 1.54) is 12.8 Å². The monoisotopic (exact) mass is 141 g/mol. The second-order valence-corrected chi connectivity index (χ2v) is 3.68. The van der Waals surface area contributed by atoms with Crippen molar-refractivity contribution in [2.24, 2.45) is 0 Å². The first kappa shape index (κ1) is 6.62. The smallest absolute Gasteiger partial charge is 0.0570 e. The van der Waals surface area contributed by atoms with Gasteiger partial charge in [0.25, 0.3) is 0 Å². The van der Waals surface area contributed by atoms with Crippen LogP contribution in [0.2, 0.25) is 0 Å². The molecule has 58 valence electrons. The number of rotatable bonds is 0. The van der Waals surface area contributed by atoms with Gasteiger partial charge in [-0.3, -0.25) is 0 Å². The van der Waals surface area contributed by atoms with E-state index in [-0.39, 0.29) is 6.10 Å². The highest BCUT2D eigenvalue weighted by molar-refractivity contribution is 4.93. The number of aliphatic hydroxyl groups excluding tert-OH is 1. The maximum absolute atomic E-state index is 9.38. The van der Waals surface area contributed by atoms with E-state index in [4.69, 9.17) is 0 Å². The first-order valence-corrected chi connectivity index (χ1v) is 4.17. The molecule has 0 aromatic carbocycles. The molecule has 2 atom stereocenters. The van der Waals surface area contributed by atoms with Crippen LogP contribution >= 0.6 is 0 Å². The summed E-state index contributed by atoms with van der Waals surface area (Å²) in [5.41, 5.74) is 0. The van der Waals surface area contributed by atoms with Crippen LogP contribution in [-0.4, -0.2) is 35.2 Å². The summed E-state index contributed by atoms with van der Waals surface area (Å²) in [6.07, 6.45) is 4.62. The van der Waals surface area contributed by atoms with E-state index >= 15 is 0 Å². The minimum atomic E-state index is -0.00583. The molecule has 1 N–H and O–H groups in total. The minimum Gasteiger partial charge on any atom is -0.393 e. The Kier molecular flexibility index (Phi) is 1.46. The molecule has 10 heavy (non-hydrogen) atoms. The topological polar surface area (TPSA) is 23.5 Å². The van der Waals surface area contributed by atoms with Crippen LogP contribution in [0.1, 0.15) is 25.7 Å². The molecule has 0 amide bonds. The fourth-order valence-corrected chi connectivity index (χ4v) is 2.38. The van der Waals surface area contributed by atoms with Crippen LogP contribution in [0.4, 0.5) is 0 Å². The molecule has 0 radical (unpaired) electrons. The minimum absolute atomic E-state index is 0.00583. The van der Waals surface area contributed by atoms with Crippen LogP contribution in [0.5, 0.6) is 0 Å². The number of piperidine rings is 1.